The summed E-state index contributed by atoms with van der Waals surface area (Å²) in [6.07, 6.45) is -14.2. The fourth-order valence-electron chi connectivity index (χ4n) is 13.9. The van der Waals surface area contributed by atoms with Gasteiger partial charge < -0.3 is 110 Å². The molecular formula is C71H88N7O30S+. The number of nitrogens with one attached hydrogen (secondary N) is 2. The van der Waals surface area contributed by atoms with E-state index in [4.69, 9.17) is 85.0 Å². The standard InChI is InChI=1S/C71H87N7O30S/c1-37-62-47(77-22-26-97-69(93-9)67(77)106-62)32-53(99-37)103-51-34-71(89,33-46-55(51)61(86)57-56(59(46)84)58(83)45-11-10-12-49(92-8)54(45)60(57)85)70(88)74-19-23-78(6,7)35-42-13-16-44(17-14-42)107-109(90,91)108-50-31-43(66(87)73-20-24-94-27-29-96-30-28-95-25-21-75-76-72)15-18-48(50)104-68-65(102-41(5)82)64(101-40(4)81)63(100-39(3)80)52(105-68)36-98-38(2)79/h10-18,31,37,47,51-53,62-65,67-69,89H,19-30,32-36H2,1-9H3,(H3-,73,74,83,84,85,86,87,88)/p+1/t37-,47-,51-,52+,53-,62+,63-,64-,65+,67+,68?,69-,71-/m0/s1. The van der Waals surface area contributed by atoms with E-state index in [1.54, 1.807) is 19.1 Å². The van der Waals surface area contributed by atoms with Crippen LogP contribution in [0.5, 0.6) is 34.5 Å². The summed E-state index contributed by atoms with van der Waals surface area (Å²) in [6.45, 7) is 7.71. The summed E-state index contributed by atoms with van der Waals surface area (Å²) in [4.78, 5) is 112. The zero-order valence-corrected chi connectivity index (χ0v) is 62.0. The first kappa shape index (κ1) is 82.1. The number of esters is 4. The van der Waals surface area contributed by atoms with Crippen molar-refractivity contribution in [3.63, 3.8) is 0 Å². The van der Waals surface area contributed by atoms with Crippen molar-refractivity contribution < 1.29 is 146 Å². The molecule has 0 spiro atoms. The third-order valence-corrected chi connectivity index (χ3v) is 19.4. The predicted molar refractivity (Wildman–Crippen MR) is 370 cm³/mol. The van der Waals surface area contributed by atoms with Gasteiger partial charge in [0.25, 0.3) is 11.8 Å². The van der Waals surface area contributed by atoms with Crippen LogP contribution in [0.4, 0.5) is 0 Å². The van der Waals surface area contributed by atoms with Gasteiger partial charge in [-0.05, 0) is 61.0 Å². The highest BCUT2D eigenvalue weighted by molar-refractivity contribution is 7.82. The summed E-state index contributed by atoms with van der Waals surface area (Å²) in [7, 11) is 1.27. The Labute approximate surface area is 625 Å². The lowest BCUT2D eigenvalue weighted by Crippen LogP contribution is -2.63. The summed E-state index contributed by atoms with van der Waals surface area (Å²) in [5, 5.41) is 46.0. The first-order valence-corrected chi connectivity index (χ1v) is 36.2. The highest BCUT2D eigenvalue weighted by atomic mass is 32.3. The maximum atomic E-state index is 14.6. The van der Waals surface area contributed by atoms with Gasteiger partial charge in [0.2, 0.25) is 18.2 Å². The number of aliphatic hydroxyl groups is 1. The molecule has 4 fully saturated rings. The molecule has 0 radical (unpaired) electrons. The van der Waals surface area contributed by atoms with E-state index >= 15 is 0 Å². The van der Waals surface area contributed by atoms with Gasteiger partial charge in [0, 0.05) is 112 Å². The first-order valence-electron chi connectivity index (χ1n) is 34.9. The molecule has 4 aliphatic heterocycles. The molecule has 37 nitrogen and oxygen atoms in total. The molecule has 592 valence electrons. The number of quaternary nitrogens is 1. The maximum absolute atomic E-state index is 14.6. The number of morpholine rings is 1. The number of phenolic OH excluding ortho intramolecular Hbond substituents is 2. The van der Waals surface area contributed by atoms with Crippen molar-refractivity contribution in [1.29, 1.82) is 0 Å². The average molecular weight is 1550 g/mol. The molecule has 4 aromatic carbocycles. The van der Waals surface area contributed by atoms with Crippen LogP contribution in [0.25, 0.3) is 10.4 Å². The van der Waals surface area contributed by atoms with Crippen molar-refractivity contribution in [3.05, 3.63) is 116 Å². The number of benzene rings is 4. The molecule has 2 aliphatic carbocycles. The van der Waals surface area contributed by atoms with Gasteiger partial charge in [-0.2, -0.15) is 0 Å². The molecule has 0 saturated carbocycles. The molecule has 13 atom stereocenters. The number of methoxy groups -OCH3 is 2. The molecule has 109 heavy (non-hydrogen) atoms. The number of likely N-dealkylation sites (N-methyl/N-ethyl adjacent to an activating group) is 1. The summed E-state index contributed by atoms with van der Waals surface area (Å²) >= 11 is 0. The molecule has 4 saturated heterocycles. The zero-order valence-electron chi connectivity index (χ0n) is 61.2. The molecule has 4 aromatic rings. The van der Waals surface area contributed by atoms with E-state index in [1.807, 2.05) is 14.1 Å². The number of phenols is 2. The number of ketones is 2. The van der Waals surface area contributed by atoms with E-state index in [1.165, 1.54) is 50.6 Å². The van der Waals surface area contributed by atoms with Crippen LogP contribution in [0.3, 0.4) is 0 Å². The van der Waals surface area contributed by atoms with Gasteiger partial charge >= 0.3 is 34.3 Å². The molecule has 10 rings (SSSR count). The lowest BCUT2D eigenvalue weighted by Gasteiger charge is -2.43. The second-order valence-corrected chi connectivity index (χ2v) is 28.0. The fourth-order valence-corrected chi connectivity index (χ4v) is 14.6. The fraction of sp³-hybridized carbons (Fsp3) is 0.549. The van der Waals surface area contributed by atoms with Gasteiger partial charge in [-0.15, -0.1) is 8.42 Å². The van der Waals surface area contributed by atoms with Crippen molar-refractivity contribution in [2.45, 2.75) is 140 Å². The minimum absolute atomic E-state index is 0.0128. The number of hydrogen-bond acceptors (Lipinski definition) is 32. The van der Waals surface area contributed by atoms with Crippen LogP contribution >= 0.6 is 0 Å². The van der Waals surface area contributed by atoms with Crippen molar-refractivity contribution in [1.82, 2.24) is 15.5 Å². The number of hydrogen-bond donors (Lipinski definition) is 5. The van der Waals surface area contributed by atoms with Crippen LogP contribution in [0, 0.1) is 0 Å². The second kappa shape index (κ2) is 36.0. The molecule has 38 heteroatoms. The summed E-state index contributed by atoms with van der Waals surface area (Å²) in [5.41, 5.74) is 4.82. The molecule has 5 N–H and O–H groups in total. The Morgan fingerprint density at radius 2 is 1.43 bits per heavy atom. The van der Waals surface area contributed by atoms with Gasteiger partial charge in [0.05, 0.1) is 109 Å². The Kier molecular flexibility index (Phi) is 27.1. The summed E-state index contributed by atoms with van der Waals surface area (Å²) in [6, 6.07) is 13.1. The van der Waals surface area contributed by atoms with Gasteiger partial charge in [-0.1, -0.05) is 17.2 Å². The largest absolute Gasteiger partial charge is 0.507 e. The van der Waals surface area contributed by atoms with Crippen LogP contribution in [-0.4, -0.2) is 268 Å². The summed E-state index contributed by atoms with van der Waals surface area (Å²) in [5.74, 6) is -9.78. The average Bonchev–Trinajstić information content (AvgIpc) is 1.35. The van der Waals surface area contributed by atoms with Crippen molar-refractivity contribution in [2.75, 3.05) is 114 Å². The van der Waals surface area contributed by atoms with E-state index in [2.05, 4.69) is 25.6 Å². The molecule has 6 aliphatic rings. The third-order valence-electron chi connectivity index (χ3n) is 18.6. The van der Waals surface area contributed by atoms with Crippen molar-refractivity contribution in [3.8, 4) is 34.5 Å². The van der Waals surface area contributed by atoms with Gasteiger partial charge in [0.1, 0.15) is 54.0 Å². The maximum Gasteiger partial charge on any atom is 0.501 e. The van der Waals surface area contributed by atoms with Gasteiger partial charge in [-0.25, -0.2) is 0 Å². The van der Waals surface area contributed by atoms with Crippen LogP contribution in [0.15, 0.2) is 65.8 Å². The normalized spacial score (nSPS) is 24.9. The van der Waals surface area contributed by atoms with Crippen molar-refractivity contribution in [2.24, 2.45) is 5.11 Å². The Hall–Kier alpha value is -9.38. The first-order chi connectivity index (χ1) is 51.9. The second-order valence-electron chi connectivity index (χ2n) is 26.9. The number of nitrogens with zero attached hydrogens (tertiary/aromatic N) is 5. The minimum atomic E-state index is -5.22. The Balaban J connectivity index is 0.827. The van der Waals surface area contributed by atoms with Crippen LogP contribution < -0.4 is 28.5 Å². The van der Waals surface area contributed by atoms with E-state index in [9.17, 15) is 62.1 Å². The number of aromatic hydroxyl groups is 2. The SMILES string of the molecule is COc1cccc2c1C(=O)c1c(O)c3c(c(O)c1C2=O)C[C@@](O)(C(=O)NCC[N+](C)(C)Cc1ccc(OS(=O)(=O)Oc2cc(C(=O)NCCOCCOCCOCCN=[N+]=[N-])ccc2OC2O[C@H](COC(C)=O)[C@H](OC(C)=O)[C@H](OC(C)=O)[C@H]2OC(C)=O)cc1)C[C@@H]3O[C@H]1C[C@H]2[C@H](O[C@@H]3[C@@H](OC)OCCN32)[C@H](C)O1. The highest BCUT2D eigenvalue weighted by Gasteiger charge is 2.57. The number of rotatable bonds is 34. The van der Waals surface area contributed by atoms with E-state index in [0.29, 0.717) is 18.7 Å². The van der Waals surface area contributed by atoms with Crippen LogP contribution in [-0.2, 0) is 109 Å². The molecule has 0 aromatic heterocycles. The smallest absolute Gasteiger partial charge is 0.501 e. The number of fused-ring (bicyclic) bond motifs is 6. The topological polar surface area (TPSA) is 464 Å². The quantitative estimate of drug-likeness (QED) is 0.00578. The van der Waals surface area contributed by atoms with E-state index < -0.39 is 185 Å². The number of azide groups is 1. The Bertz CT molecular complexity index is 4200. The van der Waals surface area contributed by atoms with E-state index in [-0.39, 0.29) is 129 Å². The predicted octanol–water partition coefficient (Wildman–Crippen LogP) is 2.80. The lowest BCUT2D eigenvalue weighted by molar-refractivity contribution is -0.902. The number of amides is 2. The van der Waals surface area contributed by atoms with Crippen LogP contribution in [0.1, 0.15) is 112 Å². The molecular weight excluding hydrogens is 1460 g/mol. The minimum Gasteiger partial charge on any atom is -0.507 e. The monoisotopic (exact) mass is 1550 g/mol. The number of carbonyl (C=O) groups excluding carboxylic acids is 8. The molecule has 4 heterocycles. The molecule has 1 unspecified atom stereocenters. The van der Waals surface area contributed by atoms with Gasteiger partial charge in [0.15, 0.2) is 48.3 Å². The lowest BCUT2D eigenvalue weighted by atomic mass is 9.72. The van der Waals surface area contributed by atoms with Crippen LogP contribution in [0.2, 0.25) is 0 Å². The number of ether oxygens (including phenoxy) is 15. The highest BCUT2D eigenvalue weighted by Crippen LogP contribution is 2.53. The third kappa shape index (κ3) is 19.8. The Morgan fingerprint density at radius 3 is 2.11 bits per heavy atom. The molecule has 0 bridgehead atoms. The van der Waals surface area contributed by atoms with E-state index in [0.717, 1.165) is 39.8 Å². The summed E-state index contributed by atoms with van der Waals surface area (Å²) < 4.78 is 126. The van der Waals surface area contributed by atoms with Crippen molar-refractivity contribution >= 4 is 57.7 Å². The molecule has 2 amide bonds. The Morgan fingerprint density at radius 1 is 0.752 bits per heavy atom. The zero-order chi connectivity index (χ0) is 78.6. The number of carbonyl (C=O) groups is 8. The van der Waals surface area contributed by atoms with Gasteiger partial charge in [-0.3, -0.25) is 43.3 Å².